The van der Waals surface area contributed by atoms with Crippen molar-refractivity contribution >= 4 is 34.2 Å². The Morgan fingerprint density at radius 3 is 2.85 bits per heavy atom. The molecule has 3 aromatic rings. The number of amides is 1. The van der Waals surface area contributed by atoms with E-state index >= 15 is 0 Å². The van der Waals surface area contributed by atoms with Crippen LogP contribution in [0.25, 0.3) is 11.0 Å². The largest absolute Gasteiger partial charge is 0.461 e. The number of rotatable bonds is 6. The van der Waals surface area contributed by atoms with E-state index in [4.69, 9.17) is 9.15 Å². The van der Waals surface area contributed by atoms with Gasteiger partial charge in [0.2, 0.25) is 0 Å². The summed E-state index contributed by atoms with van der Waals surface area (Å²) in [4.78, 5) is 35.9. The Morgan fingerprint density at radius 1 is 1.23 bits per heavy atom. The Bertz CT molecular complexity index is 991. The van der Waals surface area contributed by atoms with Gasteiger partial charge in [0.1, 0.15) is 12.2 Å². The molecule has 3 rings (SSSR count). The van der Waals surface area contributed by atoms with Gasteiger partial charge in [-0.25, -0.2) is 4.79 Å². The molecule has 0 unspecified atom stereocenters. The number of carbonyl (C=O) groups is 2. The minimum absolute atomic E-state index is 0.0249. The maximum Gasteiger partial charge on any atom is 0.336 e. The van der Waals surface area contributed by atoms with E-state index in [-0.39, 0.29) is 25.5 Å². The van der Waals surface area contributed by atoms with Gasteiger partial charge in [-0.05, 0) is 30.0 Å². The van der Waals surface area contributed by atoms with E-state index in [0.717, 1.165) is 10.9 Å². The van der Waals surface area contributed by atoms with E-state index in [0.29, 0.717) is 16.0 Å². The van der Waals surface area contributed by atoms with Gasteiger partial charge >= 0.3 is 11.6 Å². The average Bonchev–Trinajstić information content (AvgIpc) is 3.13. The van der Waals surface area contributed by atoms with Gasteiger partial charge in [-0.3, -0.25) is 9.59 Å². The third-order valence-electron chi connectivity index (χ3n) is 3.73. The predicted octanol–water partition coefficient (Wildman–Crippen LogP) is 3.03. The normalized spacial score (nSPS) is 10.7. The van der Waals surface area contributed by atoms with Gasteiger partial charge in [-0.1, -0.05) is 18.2 Å². The van der Waals surface area contributed by atoms with Crippen molar-refractivity contribution in [2.45, 2.75) is 20.0 Å². The first-order valence-electron chi connectivity index (χ1n) is 8.03. The van der Waals surface area contributed by atoms with Crippen molar-refractivity contribution in [1.29, 1.82) is 0 Å². The zero-order chi connectivity index (χ0) is 18.5. The van der Waals surface area contributed by atoms with E-state index in [2.05, 4.69) is 5.32 Å². The summed E-state index contributed by atoms with van der Waals surface area (Å²) >= 11 is 1.33. The van der Waals surface area contributed by atoms with Crippen LogP contribution in [-0.2, 0) is 16.1 Å². The number of esters is 1. The number of nitrogens with one attached hydrogen (secondary N) is 1. The fraction of sp³-hybridized carbons (Fsp3) is 0.211. The zero-order valence-electron chi connectivity index (χ0n) is 14.1. The molecule has 0 fully saturated rings. The van der Waals surface area contributed by atoms with E-state index in [1.807, 2.05) is 24.4 Å². The van der Waals surface area contributed by atoms with Gasteiger partial charge < -0.3 is 14.5 Å². The van der Waals surface area contributed by atoms with Crippen LogP contribution in [0, 0.1) is 6.92 Å². The maximum atomic E-state index is 11.9. The molecule has 0 aliphatic heterocycles. The molecule has 0 bridgehead atoms. The Labute approximate surface area is 153 Å². The van der Waals surface area contributed by atoms with Crippen LogP contribution >= 0.6 is 11.3 Å². The summed E-state index contributed by atoms with van der Waals surface area (Å²) in [6.45, 7) is 2.06. The van der Waals surface area contributed by atoms with Crippen molar-refractivity contribution in [2.75, 3.05) is 6.54 Å². The second kappa shape index (κ2) is 7.97. The lowest BCUT2D eigenvalue weighted by molar-refractivity contribution is -0.144. The Balaban J connectivity index is 1.55. The van der Waals surface area contributed by atoms with Crippen molar-refractivity contribution in [2.24, 2.45) is 0 Å². The topological polar surface area (TPSA) is 85.6 Å². The van der Waals surface area contributed by atoms with Gasteiger partial charge in [0.25, 0.3) is 5.91 Å². The lowest BCUT2D eigenvalue weighted by Crippen LogP contribution is -2.25. The van der Waals surface area contributed by atoms with Crippen molar-refractivity contribution in [3.63, 3.8) is 0 Å². The molecule has 2 heterocycles. The molecular weight excluding hydrogens is 354 g/mol. The molecule has 0 radical (unpaired) electrons. The van der Waals surface area contributed by atoms with Gasteiger partial charge in [0, 0.05) is 23.6 Å². The van der Waals surface area contributed by atoms with Crippen LogP contribution in [0.1, 0.15) is 27.2 Å². The summed E-state index contributed by atoms with van der Waals surface area (Å²) < 4.78 is 10.4. The van der Waals surface area contributed by atoms with Gasteiger partial charge in [-0.15, -0.1) is 11.3 Å². The standard InChI is InChI=1S/C19H17NO5S/c1-12-4-5-14-13(10-18(22)25-15(14)9-12)11-24-17(21)6-7-20-19(23)16-3-2-8-26-16/h2-5,8-10H,6-7,11H2,1H3,(H,20,23). The molecule has 1 amide bonds. The Kier molecular flexibility index (Phi) is 5.48. The third kappa shape index (κ3) is 4.37. The maximum absolute atomic E-state index is 11.9. The summed E-state index contributed by atoms with van der Waals surface area (Å²) in [5, 5.41) is 5.21. The molecule has 0 spiro atoms. The third-order valence-corrected chi connectivity index (χ3v) is 4.60. The number of aryl methyl sites for hydroxylation is 1. The van der Waals surface area contributed by atoms with Crippen molar-refractivity contribution in [3.8, 4) is 0 Å². The Morgan fingerprint density at radius 2 is 2.08 bits per heavy atom. The van der Waals surface area contributed by atoms with E-state index in [1.54, 1.807) is 18.2 Å². The Hall–Kier alpha value is -2.93. The first-order valence-corrected chi connectivity index (χ1v) is 8.91. The molecule has 26 heavy (non-hydrogen) atoms. The molecule has 0 saturated heterocycles. The number of fused-ring (bicyclic) bond motifs is 1. The average molecular weight is 371 g/mol. The highest BCUT2D eigenvalue weighted by atomic mass is 32.1. The van der Waals surface area contributed by atoms with Crippen LogP contribution in [0.4, 0.5) is 0 Å². The zero-order valence-corrected chi connectivity index (χ0v) is 14.9. The van der Waals surface area contributed by atoms with Crippen LogP contribution in [0.15, 0.2) is 51.0 Å². The van der Waals surface area contributed by atoms with Crippen LogP contribution in [0.3, 0.4) is 0 Å². The molecule has 134 valence electrons. The molecule has 7 heteroatoms. The quantitative estimate of drug-likeness (QED) is 0.532. The number of carbonyl (C=O) groups excluding carboxylic acids is 2. The van der Waals surface area contributed by atoms with Crippen LogP contribution in [0.5, 0.6) is 0 Å². The molecule has 0 saturated carbocycles. The first-order chi connectivity index (χ1) is 12.5. The number of hydrogen-bond donors (Lipinski definition) is 1. The molecule has 0 atom stereocenters. The highest BCUT2D eigenvalue weighted by molar-refractivity contribution is 7.12. The van der Waals surface area contributed by atoms with E-state index in [9.17, 15) is 14.4 Å². The predicted molar refractivity (Wildman–Crippen MR) is 98.3 cm³/mol. The number of hydrogen-bond acceptors (Lipinski definition) is 6. The molecule has 1 N–H and O–H groups in total. The first kappa shape index (κ1) is 17.9. The van der Waals surface area contributed by atoms with Crippen LogP contribution in [-0.4, -0.2) is 18.4 Å². The second-order valence-electron chi connectivity index (χ2n) is 5.73. The number of ether oxygens (including phenoxy) is 1. The fourth-order valence-electron chi connectivity index (χ4n) is 2.46. The number of thiophene rings is 1. The minimum Gasteiger partial charge on any atom is -0.461 e. The van der Waals surface area contributed by atoms with Gasteiger partial charge in [0.15, 0.2) is 0 Å². The van der Waals surface area contributed by atoms with Gasteiger partial charge in [-0.2, -0.15) is 0 Å². The summed E-state index contributed by atoms with van der Waals surface area (Å²) in [7, 11) is 0. The second-order valence-corrected chi connectivity index (χ2v) is 6.68. The lowest BCUT2D eigenvalue weighted by Gasteiger charge is -2.08. The molecule has 6 nitrogen and oxygen atoms in total. The summed E-state index contributed by atoms with van der Waals surface area (Å²) in [5.41, 5.74) is 1.53. The lowest BCUT2D eigenvalue weighted by atomic mass is 10.1. The summed E-state index contributed by atoms with van der Waals surface area (Å²) in [5.74, 6) is -0.667. The molecule has 0 aliphatic carbocycles. The monoisotopic (exact) mass is 371 g/mol. The summed E-state index contributed by atoms with van der Waals surface area (Å²) in [6.07, 6.45) is 0.0512. The highest BCUT2D eigenvalue weighted by Gasteiger charge is 2.11. The van der Waals surface area contributed by atoms with Crippen LogP contribution in [0.2, 0.25) is 0 Å². The smallest absolute Gasteiger partial charge is 0.336 e. The van der Waals surface area contributed by atoms with Crippen molar-refractivity contribution < 1.29 is 18.7 Å². The molecule has 0 aliphatic rings. The van der Waals surface area contributed by atoms with E-state index in [1.165, 1.54) is 17.4 Å². The summed E-state index contributed by atoms with van der Waals surface area (Å²) in [6, 6.07) is 10.3. The molecule has 2 aromatic heterocycles. The van der Waals surface area contributed by atoms with Crippen LogP contribution < -0.4 is 10.9 Å². The van der Waals surface area contributed by atoms with Crippen molar-refractivity contribution in [3.05, 3.63) is 68.2 Å². The highest BCUT2D eigenvalue weighted by Crippen LogP contribution is 2.19. The van der Waals surface area contributed by atoms with Gasteiger partial charge in [0.05, 0.1) is 11.3 Å². The van der Waals surface area contributed by atoms with E-state index < -0.39 is 11.6 Å². The fourth-order valence-corrected chi connectivity index (χ4v) is 3.10. The SMILES string of the molecule is Cc1ccc2c(COC(=O)CCNC(=O)c3cccs3)cc(=O)oc2c1. The van der Waals surface area contributed by atoms with Crippen molar-refractivity contribution in [1.82, 2.24) is 5.32 Å². The molecule has 1 aromatic carbocycles. The minimum atomic E-state index is -0.489. The molecular formula is C19H17NO5S. The number of benzene rings is 1.